The minimum absolute atomic E-state index is 0.251. The van der Waals surface area contributed by atoms with Gasteiger partial charge >= 0.3 is 0 Å². The molecule has 0 bridgehead atoms. The highest BCUT2D eigenvalue weighted by Gasteiger charge is 2.24. The number of ketones is 1. The van der Waals surface area contributed by atoms with Gasteiger partial charge in [0.15, 0.2) is 6.17 Å². The van der Waals surface area contributed by atoms with E-state index in [1.165, 1.54) is 12.3 Å². The first-order chi connectivity index (χ1) is 12.1. The van der Waals surface area contributed by atoms with Gasteiger partial charge in [-0.25, -0.2) is 0 Å². The van der Waals surface area contributed by atoms with Crippen LogP contribution in [0.1, 0.15) is 21.7 Å². The zero-order valence-electron chi connectivity index (χ0n) is 12.6. The van der Waals surface area contributed by atoms with Gasteiger partial charge in [0.1, 0.15) is 5.69 Å². The predicted octanol–water partition coefficient (Wildman–Crippen LogP) is 4.80. The summed E-state index contributed by atoms with van der Waals surface area (Å²) >= 11 is 12.0. The number of fused-ring (bicyclic) bond motifs is 1. The lowest BCUT2D eigenvalue weighted by Gasteiger charge is -2.05. The summed E-state index contributed by atoms with van der Waals surface area (Å²) in [5.74, 6) is -0.267. The molecule has 25 heavy (non-hydrogen) atoms. The van der Waals surface area contributed by atoms with E-state index in [4.69, 9.17) is 23.2 Å². The zero-order chi connectivity index (χ0) is 17.4. The molecule has 9 heteroatoms. The number of rotatable bonds is 4. The van der Waals surface area contributed by atoms with Crippen LogP contribution in [0.15, 0.2) is 57.2 Å². The molecule has 1 N–H and O–H groups in total. The highest BCUT2D eigenvalue weighted by molar-refractivity contribution is 6.31. The third kappa shape index (κ3) is 3.04. The number of H-pyrrole nitrogens is 1. The van der Waals surface area contributed by atoms with Crippen LogP contribution in [0.25, 0.3) is 10.9 Å². The molecule has 7 nitrogen and oxygen atoms in total. The van der Waals surface area contributed by atoms with Gasteiger partial charge in [-0.15, -0.1) is 10.2 Å². The standard InChI is InChI=1S/C16H10Cl2N6O/c17-8-1-2-10-11(7-14-21-23-24-22-14)15(20-12(10)5-8)16(25)13-6-9(18)3-4-19-13/h1-6,14,20H,7H2. The number of hydrogen-bond acceptors (Lipinski definition) is 6. The van der Waals surface area contributed by atoms with E-state index in [2.05, 4.69) is 30.6 Å². The maximum absolute atomic E-state index is 13.0. The zero-order valence-corrected chi connectivity index (χ0v) is 14.2. The largest absolute Gasteiger partial charge is 0.351 e. The molecule has 0 amide bonds. The van der Waals surface area contributed by atoms with Crippen molar-refractivity contribution in [2.45, 2.75) is 12.6 Å². The smallest absolute Gasteiger partial charge is 0.227 e. The molecule has 0 aliphatic carbocycles. The van der Waals surface area contributed by atoms with Crippen LogP contribution < -0.4 is 0 Å². The molecule has 0 saturated carbocycles. The quantitative estimate of drug-likeness (QED) is 0.665. The van der Waals surface area contributed by atoms with Crippen LogP contribution in [0.2, 0.25) is 10.0 Å². The van der Waals surface area contributed by atoms with Crippen molar-refractivity contribution in [2.75, 3.05) is 0 Å². The van der Waals surface area contributed by atoms with E-state index < -0.39 is 6.17 Å². The first kappa shape index (κ1) is 15.9. The molecule has 1 aliphatic heterocycles. The number of nitrogens with zero attached hydrogens (tertiary/aromatic N) is 5. The SMILES string of the molecule is O=C(c1cc(Cl)ccn1)c1[nH]c2cc(Cl)ccc2c1CC1N=NN=N1. The van der Waals surface area contributed by atoms with Gasteiger partial charge in [0.25, 0.3) is 0 Å². The van der Waals surface area contributed by atoms with Crippen molar-refractivity contribution < 1.29 is 4.79 Å². The van der Waals surface area contributed by atoms with Crippen molar-refractivity contribution in [2.24, 2.45) is 20.7 Å². The third-order valence-electron chi connectivity index (χ3n) is 3.85. The fourth-order valence-electron chi connectivity index (χ4n) is 2.74. The van der Waals surface area contributed by atoms with Gasteiger partial charge in [-0.05, 0) is 40.3 Å². The molecule has 124 valence electrons. The lowest BCUT2D eigenvalue weighted by atomic mass is 10.0. The molecule has 4 rings (SSSR count). The van der Waals surface area contributed by atoms with Gasteiger partial charge in [-0.2, -0.15) is 0 Å². The van der Waals surface area contributed by atoms with Gasteiger partial charge in [0.05, 0.1) is 5.69 Å². The Hall–Kier alpha value is -2.64. The summed E-state index contributed by atoms with van der Waals surface area (Å²) in [4.78, 5) is 20.2. The summed E-state index contributed by atoms with van der Waals surface area (Å²) in [6.07, 6.45) is 1.43. The molecule has 0 atom stereocenters. The molecule has 3 heterocycles. The van der Waals surface area contributed by atoms with E-state index in [0.717, 1.165) is 16.5 Å². The summed E-state index contributed by atoms with van der Waals surface area (Å²) in [5, 5.41) is 16.8. The van der Waals surface area contributed by atoms with Crippen LogP contribution in [0.4, 0.5) is 0 Å². The first-order valence-electron chi connectivity index (χ1n) is 7.38. The lowest BCUT2D eigenvalue weighted by Crippen LogP contribution is -2.10. The number of benzene rings is 1. The normalized spacial score (nSPS) is 13.8. The highest BCUT2D eigenvalue weighted by Crippen LogP contribution is 2.29. The molecule has 0 fully saturated rings. The van der Waals surface area contributed by atoms with Crippen LogP contribution in [0, 0.1) is 0 Å². The van der Waals surface area contributed by atoms with Crippen LogP contribution in [0.3, 0.4) is 0 Å². The monoisotopic (exact) mass is 372 g/mol. The minimum atomic E-state index is -0.450. The Kier molecular flexibility index (Phi) is 4.03. The number of aromatic nitrogens is 2. The van der Waals surface area contributed by atoms with Crippen molar-refractivity contribution in [1.29, 1.82) is 0 Å². The van der Waals surface area contributed by atoms with Gasteiger partial charge in [0.2, 0.25) is 5.78 Å². The maximum Gasteiger partial charge on any atom is 0.227 e. The van der Waals surface area contributed by atoms with E-state index in [1.807, 2.05) is 6.07 Å². The second kappa shape index (κ2) is 6.34. The summed E-state index contributed by atoms with van der Waals surface area (Å²) in [5.41, 5.74) is 2.17. The topological polar surface area (TPSA) is 95.2 Å². The van der Waals surface area contributed by atoms with Crippen LogP contribution in [0.5, 0.6) is 0 Å². The summed E-state index contributed by atoms with van der Waals surface area (Å²) in [6, 6.07) is 8.53. The molecule has 0 saturated heterocycles. The van der Waals surface area contributed by atoms with E-state index in [1.54, 1.807) is 18.2 Å². The van der Waals surface area contributed by atoms with Crippen molar-refractivity contribution in [3.63, 3.8) is 0 Å². The number of hydrogen-bond donors (Lipinski definition) is 1. The van der Waals surface area contributed by atoms with E-state index in [-0.39, 0.29) is 11.5 Å². The minimum Gasteiger partial charge on any atom is -0.351 e. The number of pyridine rings is 1. The molecular formula is C16H10Cl2N6O. The van der Waals surface area contributed by atoms with Gasteiger partial charge in [0, 0.05) is 33.6 Å². The van der Waals surface area contributed by atoms with Crippen LogP contribution in [-0.2, 0) is 6.42 Å². The Morgan fingerprint density at radius 2 is 1.84 bits per heavy atom. The molecule has 1 aliphatic rings. The lowest BCUT2D eigenvalue weighted by molar-refractivity contribution is 0.102. The maximum atomic E-state index is 13.0. The predicted molar refractivity (Wildman–Crippen MR) is 93.2 cm³/mol. The average Bonchev–Trinajstić information content (AvgIpc) is 3.22. The molecule has 0 unspecified atom stereocenters. The number of carbonyl (C=O) groups is 1. The molecule has 0 spiro atoms. The second-order valence-electron chi connectivity index (χ2n) is 5.45. The Bertz CT molecular complexity index is 1030. The third-order valence-corrected chi connectivity index (χ3v) is 4.32. The molecule has 1 aromatic carbocycles. The Morgan fingerprint density at radius 3 is 2.60 bits per heavy atom. The fraction of sp³-hybridized carbons (Fsp3) is 0.125. The van der Waals surface area contributed by atoms with Crippen molar-refractivity contribution in [1.82, 2.24) is 9.97 Å². The van der Waals surface area contributed by atoms with E-state index in [9.17, 15) is 4.79 Å². The van der Waals surface area contributed by atoms with Crippen LogP contribution in [-0.4, -0.2) is 21.9 Å². The summed E-state index contributed by atoms with van der Waals surface area (Å²) in [7, 11) is 0. The Morgan fingerprint density at radius 1 is 1.08 bits per heavy atom. The molecule has 3 aromatic rings. The number of nitrogens with one attached hydrogen (secondary N) is 1. The average molecular weight is 373 g/mol. The van der Waals surface area contributed by atoms with Crippen molar-refractivity contribution in [3.05, 3.63) is 63.5 Å². The number of halogens is 2. The number of aromatic amines is 1. The van der Waals surface area contributed by atoms with Crippen LogP contribution >= 0.6 is 23.2 Å². The summed E-state index contributed by atoms with van der Waals surface area (Å²) in [6.45, 7) is 0. The molecule has 0 radical (unpaired) electrons. The second-order valence-corrected chi connectivity index (χ2v) is 6.32. The Labute approximate surface area is 151 Å². The summed E-state index contributed by atoms with van der Waals surface area (Å²) < 4.78 is 0. The van der Waals surface area contributed by atoms with Gasteiger partial charge in [-0.1, -0.05) is 29.3 Å². The Balaban J connectivity index is 1.85. The fourth-order valence-corrected chi connectivity index (χ4v) is 3.08. The van der Waals surface area contributed by atoms with Crippen molar-refractivity contribution in [3.8, 4) is 0 Å². The van der Waals surface area contributed by atoms with Crippen molar-refractivity contribution >= 4 is 39.9 Å². The highest BCUT2D eigenvalue weighted by atomic mass is 35.5. The first-order valence-corrected chi connectivity index (χ1v) is 8.14. The molecule has 2 aromatic heterocycles. The van der Waals surface area contributed by atoms with Gasteiger partial charge in [-0.3, -0.25) is 9.78 Å². The van der Waals surface area contributed by atoms with E-state index >= 15 is 0 Å². The number of carbonyl (C=O) groups excluding carboxylic acids is 1. The molecular weight excluding hydrogens is 363 g/mol. The van der Waals surface area contributed by atoms with E-state index in [0.29, 0.717) is 22.2 Å². The van der Waals surface area contributed by atoms with Gasteiger partial charge < -0.3 is 4.98 Å².